The minimum Gasteiger partial charge on any atom is -0.468 e. The lowest BCUT2D eigenvalue weighted by Crippen LogP contribution is -2.59. The molecule has 3 heteroatoms. The maximum Gasteiger partial charge on any atom is 0.326 e. The van der Waals surface area contributed by atoms with Crippen LogP contribution in [0, 0.1) is 11.8 Å². The lowest BCUT2D eigenvalue weighted by molar-refractivity contribution is -0.153. The molecule has 0 bridgehead atoms. The first-order chi connectivity index (χ1) is 7.56. The van der Waals surface area contributed by atoms with E-state index in [2.05, 4.69) is 25.7 Å². The second-order valence-corrected chi connectivity index (χ2v) is 4.91. The average Bonchev–Trinajstić information content (AvgIpc) is 2.27. The first-order valence-corrected chi connectivity index (χ1v) is 6.01. The molecule has 1 aliphatic rings. The molecule has 16 heavy (non-hydrogen) atoms. The van der Waals surface area contributed by atoms with Crippen molar-refractivity contribution < 1.29 is 9.53 Å². The van der Waals surface area contributed by atoms with Crippen LogP contribution in [0.1, 0.15) is 33.1 Å². The van der Waals surface area contributed by atoms with Crippen molar-refractivity contribution >= 4 is 5.97 Å². The second-order valence-electron chi connectivity index (χ2n) is 4.91. The Bertz CT molecular complexity index is 265. The van der Waals surface area contributed by atoms with Gasteiger partial charge in [-0.2, -0.15) is 0 Å². The fourth-order valence-corrected chi connectivity index (χ4v) is 2.72. The van der Waals surface area contributed by atoms with E-state index < -0.39 is 5.54 Å². The second kappa shape index (κ2) is 5.48. The summed E-state index contributed by atoms with van der Waals surface area (Å²) in [6.45, 7) is 8.70. The van der Waals surface area contributed by atoms with Crippen LogP contribution in [0.3, 0.4) is 0 Å². The molecule has 0 radical (unpaired) electrons. The normalized spacial score (nSPS) is 34.4. The maximum atomic E-state index is 12.0. The number of methoxy groups -OCH3 is 1. The lowest BCUT2D eigenvalue weighted by atomic mass is 9.70. The van der Waals surface area contributed by atoms with Crippen LogP contribution in [-0.4, -0.2) is 25.2 Å². The SMILES string of the molecule is C=CCNC1(C(=O)OC)CCC(C)CC1C. The van der Waals surface area contributed by atoms with Gasteiger partial charge in [0.15, 0.2) is 0 Å². The van der Waals surface area contributed by atoms with E-state index in [1.807, 2.05) is 0 Å². The standard InChI is InChI=1S/C13H23NO2/c1-5-8-14-13(12(15)16-4)7-6-10(2)9-11(13)3/h5,10-11,14H,1,6-9H2,2-4H3. The molecule has 0 aromatic rings. The smallest absolute Gasteiger partial charge is 0.326 e. The van der Waals surface area contributed by atoms with E-state index in [0.717, 1.165) is 19.3 Å². The van der Waals surface area contributed by atoms with Crippen molar-refractivity contribution in [2.45, 2.75) is 38.6 Å². The number of carbonyl (C=O) groups is 1. The molecular formula is C13H23NO2. The summed E-state index contributed by atoms with van der Waals surface area (Å²) in [5, 5.41) is 3.31. The van der Waals surface area contributed by atoms with E-state index in [1.54, 1.807) is 6.08 Å². The zero-order chi connectivity index (χ0) is 12.2. The Balaban J connectivity index is 2.85. The molecule has 0 aliphatic heterocycles. The van der Waals surface area contributed by atoms with Crippen LogP contribution in [0.15, 0.2) is 12.7 Å². The molecule has 0 aromatic heterocycles. The van der Waals surface area contributed by atoms with Gasteiger partial charge in [0.2, 0.25) is 0 Å². The molecule has 3 unspecified atom stereocenters. The minimum absolute atomic E-state index is 0.131. The third-order valence-electron chi connectivity index (χ3n) is 3.74. The highest BCUT2D eigenvalue weighted by Crippen LogP contribution is 2.37. The van der Waals surface area contributed by atoms with Gasteiger partial charge in [0.25, 0.3) is 0 Å². The van der Waals surface area contributed by atoms with E-state index in [4.69, 9.17) is 4.74 Å². The van der Waals surface area contributed by atoms with E-state index in [9.17, 15) is 4.79 Å². The first-order valence-electron chi connectivity index (χ1n) is 6.01. The monoisotopic (exact) mass is 225 g/mol. The highest BCUT2D eigenvalue weighted by atomic mass is 16.5. The highest BCUT2D eigenvalue weighted by Gasteiger charge is 2.46. The van der Waals surface area contributed by atoms with Gasteiger partial charge in [-0.05, 0) is 31.1 Å². The molecule has 1 saturated carbocycles. The summed E-state index contributed by atoms with van der Waals surface area (Å²) >= 11 is 0. The van der Waals surface area contributed by atoms with Gasteiger partial charge in [-0.3, -0.25) is 10.1 Å². The largest absolute Gasteiger partial charge is 0.468 e. The Hall–Kier alpha value is -0.830. The predicted octanol–water partition coefficient (Wildman–Crippen LogP) is 2.13. The van der Waals surface area contributed by atoms with Gasteiger partial charge >= 0.3 is 5.97 Å². The maximum absolute atomic E-state index is 12.0. The summed E-state index contributed by atoms with van der Waals surface area (Å²) in [4.78, 5) is 12.0. The number of hydrogen-bond donors (Lipinski definition) is 1. The number of rotatable bonds is 4. The quantitative estimate of drug-likeness (QED) is 0.588. The fourth-order valence-electron chi connectivity index (χ4n) is 2.72. The highest BCUT2D eigenvalue weighted by molar-refractivity contribution is 5.81. The van der Waals surface area contributed by atoms with Gasteiger partial charge in [0, 0.05) is 6.54 Å². The topological polar surface area (TPSA) is 38.3 Å². The van der Waals surface area contributed by atoms with Gasteiger partial charge in [0.05, 0.1) is 7.11 Å². The van der Waals surface area contributed by atoms with Gasteiger partial charge in [-0.1, -0.05) is 19.9 Å². The van der Waals surface area contributed by atoms with Crippen molar-refractivity contribution in [1.29, 1.82) is 0 Å². The Kier molecular flexibility index (Phi) is 4.54. The Morgan fingerprint density at radius 1 is 1.62 bits per heavy atom. The minimum atomic E-state index is -0.505. The van der Waals surface area contributed by atoms with E-state index in [-0.39, 0.29) is 5.97 Å². The van der Waals surface area contributed by atoms with Gasteiger partial charge in [-0.25, -0.2) is 0 Å². The molecule has 0 spiro atoms. The van der Waals surface area contributed by atoms with Crippen molar-refractivity contribution in [2.75, 3.05) is 13.7 Å². The molecule has 0 heterocycles. The molecule has 0 saturated heterocycles. The molecule has 1 fully saturated rings. The molecular weight excluding hydrogens is 202 g/mol. The Morgan fingerprint density at radius 2 is 2.31 bits per heavy atom. The van der Waals surface area contributed by atoms with Crippen molar-refractivity contribution in [2.24, 2.45) is 11.8 Å². The van der Waals surface area contributed by atoms with Gasteiger partial charge < -0.3 is 4.74 Å². The number of carbonyl (C=O) groups excluding carboxylic acids is 1. The Labute approximate surface area is 98.2 Å². The van der Waals surface area contributed by atoms with Crippen LogP contribution >= 0.6 is 0 Å². The Morgan fingerprint density at radius 3 is 2.81 bits per heavy atom. The van der Waals surface area contributed by atoms with E-state index in [0.29, 0.717) is 18.4 Å². The van der Waals surface area contributed by atoms with E-state index in [1.165, 1.54) is 7.11 Å². The molecule has 0 aromatic carbocycles. The van der Waals surface area contributed by atoms with Crippen LogP contribution in [0.5, 0.6) is 0 Å². The summed E-state index contributed by atoms with van der Waals surface area (Å²) in [5.41, 5.74) is -0.505. The molecule has 1 rings (SSSR count). The van der Waals surface area contributed by atoms with E-state index >= 15 is 0 Å². The molecule has 92 valence electrons. The third-order valence-corrected chi connectivity index (χ3v) is 3.74. The molecule has 3 nitrogen and oxygen atoms in total. The molecule has 1 aliphatic carbocycles. The molecule has 0 amide bonds. The average molecular weight is 225 g/mol. The zero-order valence-corrected chi connectivity index (χ0v) is 10.6. The number of ether oxygens (including phenoxy) is 1. The summed E-state index contributed by atoms with van der Waals surface area (Å²) in [6.07, 6.45) is 4.79. The van der Waals surface area contributed by atoms with Crippen molar-refractivity contribution in [1.82, 2.24) is 5.32 Å². The number of hydrogen-bond acceptors (Lipinski definition) is 3. The molecule has 1 N–H and O–H groups in total. The van der Waals surface area contributed by atoms with Gasteiger partial charge in [-0.15, -0.1) is 6.58 Å². The van der Waals surface area contributed by atoms with Crippen molar-refractivity contribution in [3.63, 3.8) is 0 Å². The van der Waals surface area contributed by atoms with Crippen LogP contribution in [0.25, 0.3) is 0 Å². The van der Waals surface area contributed by atoms with Crippen molar-refractivity contribution in [3.8, 4) is 0 Å². The van der Waals surface area contributed by atoms with Crippen molar-refractivity contribution in [3.05, 3.63) is 12.7 Å². The predicted molar refractivity (Wildman–Crippen MR) is 65.1 cm³/mol. The van der Waals surface area contributed by atoms with Crippen LogP contribution in [0.4, 0.5) is 0 Å². The first kappa shape index (κ1) is 13.2. The number of esters is 1. The summed E-state index contributed by atoms with van der Waals surface area (Å²) in [5.74, 6) is 0.871. The van der Waals surface area contributed by atoms with Crippen LogP contribution in [0.2, 0.25) is 0 Å². The summed E-state index contributed by atoms with van der Waals surface area (Å²) in [6, 6.07) is 0. The van der Waals surface area contributed by atoms with Crippen LogP contribution in [-0.2, 0) is 9.53 Å². The lowest BCUT2D eigenvalue weighted by Gasteiger charge is -2.42. The summed E-state index contributed by atoms with van der Waals surface area (Å²) < 4.78 is 4.96. The fraction of sp³-hybridized carbons (Fsp3) is 0.769. The number of nitrogens with one attached hydrogen (secondary N) is 1. The molecule has 3 atom stereocenters. The zero-order valence-electron chi connectivity index (χ0n) is 10.6. The van der Waals surface area contributed by atoms with Gasteiger partial charge in [0.1, 0.15) is 5.54 Å². The third kappa shape index (κ3) is 2.46. The van der Waals surface area contributed by atoms with Crippen LogP contribution < -0.4 is 5.32 Å². The summed E-state index contributed by atoms with van der Waals surface area (Å²) in [7, 11) is 1.46.